The highest BCUT2D eigenvalue weighted by Crippen LogP contribution is 2.39. The summed E-state index contributed by atoms with van der Waals surface area (Å²) in [6.07, 6.45) is -0.0404. The van der Waals surface area contributed by atoms with E-state index in [0.29, 0.717) is 23.0 Å². The standard InChI is InChI=1S/C19H19ClN2O6/c1-10(2)28-14-5-4-11(7-15(14)25-3)18(23)21-22-19(24)12-6-13(20)17-16(8-12)26-9-27-17/h4-8,10H,9H2,1-3H3,(H,21,23)(H,22,24). The van der Waals surface area contributed by atoms with Gasteiger partial charge in [-0.1, -0.05) is 11.6 Å². The van der Waals surface area contributed by atoms with Crippen molar-refractivity contribution in [3.63, 3.8) is 0 Å². The van der Waals surface area contributed by atoms with Gasteiger partial charge in [-0.15, -0.1) is 0 Å². The van der Waals surface area contributed by atoms with Crippen molar-refractivity contribution in [3.8, 4) is 23.0 Å². The molecule has 9 heteroatoms. The smallest absolute Gasteiger partial charge is 0.269 e. The molecular formula is C19H19ClN2O6. The molecule has 0 atom stereocenters. The molecule has 1 heterocycles. The Morgan fingerprint density at radius 3 is 2.43 bits per heavy atom. The second kappa shape index (κ2) is 8.26. The SMILES string of the molecule is COc1cc(C(=O)NNC(=O)c2cc(Cl)c3c(c2)OCO3)ccc1OC(C)C. The Kier molecular flexibility index (Phi) is 5.79. The van der Waals surface area contributed by atoms with Crippen molar-refractivity contribution in [3.05, 3.63) is 46.5 Å². The molecule has 0 fully saturated rings. The van der Waals surface area contributed by atoms with Gasteiger partial charge in [0.15, 0.2) is 23.0 Å². The average Bonchev–Trinajstić information content (AvgIpc) is 3.15. The molecule has 0 aliphatic carbocycles. The van der Waals surface area contributed by atoms with Crippen LogP contribution in [-0.4, -0.2) is 31.8 Å². The molecule has 148 valence electrons. The van der Waals surface area contributed by atoms with Gasteiger partial charge in [-0.25, -0.2) is 0 Å². The van der Waals surface area contributed by atoms with Gasteiger partial charge in [-0.05, 0) is 44.2 Å². The van der Waals surface area contributed by atoms with E-state index in [-0.39, 0.29) is 29.0 Å². The van der Waals surface area contributed by atoms with Gasteiger partial charge in [0.05, 0.1) is 18.2 Å². The molecule has 2 aromatic carbocycles. The zero-order chi connectivity index (χ0) is 20.3. The molecule has 0 radical (unpaired) electrons. The van der Waals surface area contributed by atoms with Crippen molar-refractivity contribution in [1.82, 2.24) is 10.9 Å². The summed E-state index contributed by atoms with van der Waals surface area (Å²) in [7, 11) is 1.48. The highest BCUT2D eigenvalue weighted by atomic mass is 35.5. The molecule has 8 nitrogen and oxygen atoms in total. The number of amides is 2. The predicted octanol–water partition coefficient (Wildman–Crippen LogP) is 2.94. The number of fused-ring (bicyclic) bond motifs is 1. The average molecular weight is 407 g/mol. The molecular weight excluding hydrogens is 388 g/mol. The van der Waals surface area contributed by atoms with Crippen LogP contribution in [0.4, 0.5) is 0 Å². The monoisotopic (exact) mass is 406 g/mol. The van der Waals surface area contributed by atoms with Gasteiger partial charge in [0, 0.05) is 11.1 Å². The van der Waals surface area contributed by atoms with Crippen molar-refractivity contribution in [2.75, 3.05) is 13.9 Å². The summed E-state index contributed by atoms with van der Waals surface area (Å²) in [6, 6.07) is 7.64. The first kappa shape index (κ1) is 19.6. The molecule has 0 saturated heterocycles. The Bertz CT molecular complexity index is 916. The maximum absolute atomic E-state index is 12.3. The number of hydrogen-bond donors (Lipinski definition) is 2. The van der Waals surface area contributed by atoms with Gasteiger partial charge in [-0.2, -0.15) is 0 Å². The fourth-order valence-electron chi connectivity index (χ4n) is 2.52. The van der Waals surface area contributed by atoms with Gasteiger partial charge < -0.3 is 18.9 Å². The van der Waals surface area contributed by atoms with E-state index >= 15 is 0 Å². The summed E-state index contributed by atoms with van der Waals surface area (Å²) in [4.78, 5) is 24.6. The molecule has 0 bridgehead atoms. The number of halogens is 1. The summed E-state index contributed by atoms with van der Waals surface area (Å²) in [5.74, 6) is 0.616. The van der Waals surface area contributed by atoms with Crippen LogP contribution in [0.15, 0.2) is 30.3 Å². The van der Waals surface area contributed by atoms with Gasteiger partial charge in [0.25, 0.3) is 11.8 Å². The third-order valence-electron chi connectivity index (χ3n) is 3.77. The molecule has 0 aromatic heterocycles. The first-order valence-corrected chi connectivity index (χ1v) is 8.81. The summed E-state index contributed by atoms with van der Waals surface area (Å²) < 4.78 is 21.3. The molecule has 1 aliphatic rings. The van der Waals surface area contributed by atoms with Crippen LogP contribution < -0.4 is 29.8 Å². The topological polar surface area (TPSA) is 95.1 Å². The number of rotatable bonds is 5. The lowest BCUT2D eigenvalue weighted by molar-refractivity contribution is 0.0846. The Morgan fingerprint density at radius 1 is 1.04 bits per heavy atom. The highest BCUT2D eigenvalue weighted by molar-refractivity contribution is 6.32. The second-order valence-electron chi connectivity index (χ2n) is 6.13. The second-order valence-corrected chi connectivity index (χ2v) is 6.54. The first-order valence-electron chi connectivity index (χ1n) is 8.43. The molecule has 2 aromatic rings. The molecule has 28 heavy (non-hydrogen) atoms. The fourth-order valence-corrected chi connectivity index (χ4v) is 2.78. The largest absolute Gasteiger partial charge is 0.493 e. The van der Waals surface area contributed by atoms with Gasteiger partial charge in [-0.3, -0.25) is 20.4 Å². The molecule has 1 aliphatic heterocycles. The van der Waals surface area contributed by atoms with E-state index in [1.807, 2.05) is 13.8 Å². The van der Waals surface area contributed by atoms with Crippen molar-refractivity contribution in [1.29, 1.82) is 0 Å². The predicted molar refractivity (Wildman–Crippen MR) is 101 cm³/mol. The van der Waals surface area contributed by atoms with Crippen molar-refractivity contribution in [2.24, 2.45) is 0 Å². The molecule has 0 unspecified atom stereocenters. The van der Waals surface area contributed by atoms with Crippen LogP contribution in [0.5, 0.6) is 23.0 Å². The maximum Gasteiger partial charge on any atom is 0.269 e. The Morgan fingerprint density at radius 2 is 1.75 bits per heavy atom. The van der Waals surface area contributed by atoms with Crippen molar-refractivity contribution < 1.29 is 28.5 Å². The van der Waals surface area contributed by atoms with E-state index in [9.17, 15) is 9.59 Å². The lowest BCUT2D eigenvalue weighted by atomic mass is 10.2. The maximum atomic E-state index is 12.3. The zero-order valence-corrected chi connectivity index (χ0v) is 16.3. The number of hydrazine groups is 1. The minimum atomic E-state index is -0.555. The highest BCUT2D eigenvalue weighted by Gasteiger charge is 2.21. The number of hydrogen-bond acceptors (Lipinski definition) is 6. The minimum absolute atomic E-state index is 0.0369. The lowest BCUT2D eigenvalue weighted by Gasteiger charge is -2.14. The summed E-state index contributed by atoms with van der Waals surface area (Å²) >= 11 is 6.06. The minimum Gasteiger partial charge on any atom is -0.493 e. The Balaban J connectivity index is 1.67. The number of ether oxygens (including phenoxy) is 4. The molecule has 0 spiro atoms. The zero-order valence-electron chi connectivity index (χ0n) is 15.5. The molecule has 0 saturated carbocycles. The summed E-state index contributed by atoms with van der Waals surface area (Å²) in [5.41, 5.74) is 5.18. The third kappa shape index (κ3) is 4.23. The fraction of sp³-hybridized carbons (Fsp3) is 0.263. The Labute approximate surface area is 166 Å². The number of nitrogens with one attached hydrogen (secondary N) is 2. The van der Waals surface area contributed by atoms with Crippen LogP contribution in [-0.2, 0) is 0 Å². The van der Waals surface area contributed by atoms with E-state index in [2.05, 4.69) is 10.9 Å². The van der Waals surface area contributed by atoms with Crippen molar-refractivity contribution in [2.45, 2.75) is 20.0 Å². The van der Waals surface area contributed by atoms with Crippen LogP contribution in [0, 0.1) is 0 Å². The first-order chi connectivity index (χ1) is 13.4. The number of benzene rings is 2. The van der Waals surface area contributed by atoms with Crippen LogP contribution in [0.25, 0.3) is 0 Å². The number of carbonyl (C=O) groups is 2. The number of carbonyl (C=O) groups excluding carboxylic acids is 2. The van der Waals surface area contributed by atoms with Crippen LogP contribution >= 0.6 is 11.6 Å². The lowest BCUT2D eigenvalue weighted by Crippen LogP contribution is -2.41. The van der Waals surface area contributed by atoms with E-state index in [4.69, 9.17) is 30.5 Å². The quantitative estimate of drug-likeness (QED) is 0.741. The van der Waals surface area contributed by atoms with E-state index in [1.165, 1.54) is 25.3 Å². The van der Waals surface area contributed by atoms with Crippen LogP contribution in [0.2, 0.25) is 5.02 Å². The van der Waals surface area contributed by atoms with Gasteiger partial charge in [0.1, 0.15) is 0 Å². The van der Waals surface area contributed by atoms with Gasteiger partial charge >= 0.3 is 0 Å². The van der Waals surface area contributed by atoms with Crippen molar-refractivity contribution >= 4 is 23.4 Å². The Hall–Kier alpha value is -3.13. The normalized spacial score (nSPS) is 11.9. The van der Waals surface area contributed by atoms with E-state index in [0.717, 1.165) is 0 Å². The molecule has 2 N–H and O–H groups in total. The third-order valence-corrected chi connectivity index (χ3v) is 4.05. The molecule has 3 rings (SSSR count). The summed E-state index contributed by atoms with van der Waals surface area (Å²) in [5, 5.41) is 0.247. The molecule has 2 amide bonds. The number of methoxy groups -OCH3 is 1. The van der Waals surface area contributed by atoms with E-state index < -0.39 is 11.8 Å². The van der Waals surface area contributed by atoms with Crippen LogP contribution in [0.3, 0.4) is 0 Å². The van der Waals surface area contributed by atoms with E-state index in [1.54, 1.807) is 12.1 Å². The van der Waals surface area contributed by atoms with Gasteiger partial charge in [0.2, 0.25) is 6.79 Å². The summed E-state index contributed by atoms with van der Waals surface area (Å²) in [6.45, 7) is 3.81. The van der Waals surface area contributed by atoms with Crippen LogP contribution in [0.1, 0.15) is 34.6 Å².